The Hall–Kier alpha value is -2.37. The fraction of sp³-hybridized carbons (Fsp3) is 0.480. The van der Waals surface area contributed by atoms with E-state index in [9.17, 15) is 4.79 Å². The van der Waals surface area contributed by atoms with E-state index in [0.717, 1.165) is 51.2 Å². The van der Waals surface area contributed by atoms with Gasteiger partial charge >= 0.3 is 0 Å². The molecule has 2 saturated heterocycles. The molecule has 1 amide bonds. The van der Waals surface area contributed by atoms with Crippen LogP contribution in [0, 0.1) is 0 Å². The van der Waals surface area contributed by atoms with Crippen molar-refractivity contribution >= 4 is 17.3 Å². The van der Waals surface area contributed by atoms with Crippen LogP contribution >= 0.6 is 0 Å². The Labute approximate surface area is 179 Å². The third-order valence-corrected chi connectivity index (χ3v) is 6.15. The zero-order valence-electron chi connectivity index (χ0n) is 17.7. The van der Waals surface area contributed by atoms with E-state index in [0.29, 0.717) is 18.6 Å². The van der Waals surface area contributed by atoms with Crippen LogP contribution in [0.15, 0.2) is 54.6 Å². The van der Waals surface area contributed by atoms with Crippen molar-refractivity contribution in [2.45, 2.75) is 50.7 Å². The van der Waals surface area contributed by atoms with Crippen LogP contribution in [0.1, 0.15) is 37.7 Å². The number of hydrogen-bond donors (Lipinski definition) is 2. The highest BCUT2D eigenvalue weighted by Gasteiger charge is 2.21. The number of amides is 1. The fourth-order valence-electron chi connectivity index (χ4n) is 4.33. The number of carbonyl (C=O) groups excluding carboxylic acids is 1. The molecule has 0 radical (unpaired) electrons. The van der Waals surface area contributed by atoms with Crippen molar-refractivity contribution in [1.82, 2.24) is 5.32 Å². The lowest BCUT2D eigenvalue weighted by atomic mass is 10.0. The zero-order chi connectivity index (χ0) is 20.6. The van der Waals surface area contributed by atoms with E-state index in [4.69, 9.17) is 4.74 Å². The topological polar surface area (TPSA) is 53.6 Å². The molecule has 0 bridgehead atoms. The average Bonchev–Trinajstić information content (AvgIpc) is 3.32. The van der Waals surface area contributed by atoms with Gasteiger partial charge in [-0.15, -0.1) is 0 Å². The van der Waals surface area contributed by atoms with Crippen LogP contribution in [0.4, 0.5) is 11.4 Å². The van der Waals surface area contributed by atoms with Gasteiger partial charge in [0.05, 0.1) is 6.10 Å². The number of nitrogens with zero attached hydrogens (tertiary/aromatic N) is 1. The van der Waals surface area contributed by atoms with E-state index in [1.807, 2.05) is 30.3 Å². The van der Waals surface area contributed by atoms with E-state index in [1.54, 1.807) is 0 Å². The summed E-state index contributed by atoms with van der Waals surface area (Å²) in [5.41, 5.74) is 3.29. The third kappa shape index (κ3) is 6.07. The quantitative estimate of drug-likeness (QED) is 0.695. The summed E-state index contributed by atoms with van der Waals surface area (Å²) in [6, 6.07) is 19.0. The molecule has 2 heterocycles. The van der Waals surface area contributed by atoms with Gasteiger partial charge in [0, 0.05) is 50.1 Å². The summed E-state index contributed by atoms with van der Waals surface area (Å²) in [5.74, 6) is 0.0599. The van der Waals surface area contributed by atoms with Crippen molar-refractivity contribution in [3.05, 3.63) is 60.2 Å². The Morgan fingerprint density at radius 1 is 1.00 bits per heavy atom. The molecule has 5 heteroatoms. The average molecular weight is 408 g/mol. The maximum atomic E-state index is 12.2. The molecule has 1 atom stereocenters. The number of hydrogen-bond acceptors (Lipinski definition) is 4. The molecule has 2 aliphatic rings. The van der Waals surface area contributed by atoms with Crippen LogP contribution in [0.25, 0.3) is 0 Å². The van der Waals surface area contributed by atoms with Crippen LogP contribution in [-0.4, -0.2) is 44.3 Å². The molecule has 2 fully saturated rings. The Morgan fingerprint density at radius 2 is 1.77 bits per heavy atom. The van der Waals surface area contributed by atoms with Gasteiger partial charge in [0.2, 0.25) is 5.91 Å². The molecular weight excluding hydrogens is 374 g/mol. The maximum absolute atomic E-state index is 12.2. The van der Waals surface area contributed by atoms with Gasteiger partial charge in [0.15, 0.2) is 0 Å². The molecule has 5 nitrogen and oxygen atoms in total. The SMILES string of the molecule is O=C(CCc1ccccc1)Nc1ccc(N2CCC(NC[C@@H]3CCCO3)CC2)cc1. The van der Waals surface area contributed by atoms with Crippen molar-refractivity contribution in [1.29, 1.82) is 0 Å². The van der Waals surface area contributed by atoms with Gasteiger partial charge in [0.1, 0.15) is 0 Å². The lowest BCUT2D eigenvalue weighted by Gasteiger charge is -2.34. The Bertz CT molecular complexity index is 780. The van der Waals surface area contributed by atoms with Gasteiger partial charge in [-0.05, 0) is 61.9 Å². The predicted molar refractivity (Wildman–Crippen MR) is 122 cm³/mol. The highest BCUT2D eigenvalue weighted by atomic mass is 16.5. The standard InChI is InChI=1S/C25H33N3O2/c29-25(13-8-20-5-2-1-3-6-20)27-22-9-11-23(12-10-22)28-16-14-21(15-17-28)26-19-24-7-4-18-30-24/h1-3,5-6,9-12,21,24,26H,4,7-8,13-19H2,(H,27,29)/t24-/m0/s1. The first-order valence-electron chi connectivity index (χ1n) is 11.3. The van der Waals surface area contributed by atoms with Crippen molar-refractivity contribution in [3.8, 4) is 0 Å². The maximum Gasteiger partial charge on any atom is 0.224 e. The van der Waals surface area contributed by atoms with Gasteiger partial charge < -0.3 is 20.3 Å². The molecule has 30 heavy (non-hydrogen) atoms. The molecule has 0 aliphatic carbocycles. The first kappa shape index (κ1) is 20.9. The molecule has 2 aromatic rings. The number of piperidine rings is 1. The molecule has 0 unspecified atom stereocenters. The summed E-state index contributed by atoms with van der Waals surface area (Å²) in [4.78, 5) is 14.7. The fourth-order valence-corrected chi connectivity index (χ4v) is 4.33. The van der Waals surface area contributed by atoms with Crippen molar-refractivity contribution in [3.63, 3.8) is 0 Å². The Morgan fingerprint density at radius 3 is 2.47 bits per heavy atom. The summed E-state index contributed by atoms with van der Waals surface area (Å²) >= 11 is 0. The third-order valence-electron chi connectivity index (χ3n) is 6.15. The molecule has 0 spiro atoms. The van der Waals surface area contributed by atoms with Crippen LogP contribution in [0.3, 0.4) is 0 Å². The molecule has 2 aliphatic heterocycles. The Balaban J connectivity index is 1.18. The lowest BCUT2D eigenvalue weighted by Crippen LogP contribution is -2.44. The van der Waals surface area contributed by atoms with E-state index in [2.05, 4.69) is 39.8 Å². The number of carbonyl (C=O) groups is 1. The second kappa shape index (κ2) is 10.6. The van der Waals surface area contributed by atoms with Crippen LogP contribution in [-0.2, 0) is 16.0 Å². The molecular formula is C25H33N3O2. The minimum Gasteiger partial charge on any atom is -0.377 e. The molecule has 0 aromatic heterocycles. The number of aryl methyl sites for hydroxylation is 1. The summed E-state index contributed by atoms with van der Waals surface area (Å²) in [7, 11) is 0. The molecule has 0 saturated carbocycles. The van der Waals surface area contributed by atoms with Crippen molar-refractivity contribution in [2.75, 3.05) is 36.5 Å². The summed E-state index contributed by atoms with van der Waals surface area (Å²) < 4.78 is 5.71. The molecule has 4 rings (SSSR count). The lowest BCUT2D eigenvalue weighted by molar-refractivity contribution is -0.116. The van der Waals surface area contributed by atoms with Crippen LogP contribution < -0.4 is 15.5 Å². The molecule has 160 valence electrons. The highest BCUT2D eigenvalue weighted by Crippen LogP contribution is 2.22. The number of anilines is 2. The van der Waals surface area contributed by atoms with Gasteiger partial charge in [0.25, 0.3) is 0 Å². The minimum atomic E-state index is 0.0599. The van der Waals surface area contributed by atoms with Gasteiger partial charge in [-0.3, -0.25) is 4.79 Å². The number of rotatable bonds is 8. The summed E-state index contributed by atoms with van der Waals surface area (Å²) in [6.07, 6.45) is 6.39. The van der Waals surface area contributed by atoms with E-state index in [-0.39, 0.29) is 5.91 Å². The highest BCUT2D eigenvalue weighted by molar-refractivity contribution is 5.91. The normalized spacial score (nSPS) is 19.7. The summed E-state index contributed by atoms with van der Waals surface area (Å²) in [6.45, 7) is 4.04. The van der Waals surface area contributed by atoms with Gasteiger partial charge in [-0.25, -0.2) is 0 Å². The predicted octanol–water partition coefficient (Wildman–Crippen LogP) is 4.00. The number of nitrogens with one attached hydrogen (secondary N) is 2. The Kier molecular flexibility index (Phi) is 7.38. The summed E-state index contributed by atoms with van der Waals surface area (Å²) in [5, 5.41) is 6.70. The van der Waals surface area contributed by atoms with Gasteiger partial charge in [-0.2, -0.15) is 0 Å². The van der Waals surface area contributed by atoms with Crippen LogP contribution in [0.2, 0.25) is 0 Å². The monoisotopic (exact) mass is 407 g/mol. The number of benzene rings is 2. The molecule has 2 aromatic carbocycles. The second-order valence-corrected chi connectivity index (χ2v) is 8.39. The smallest absolute Gasteiger partial charge is 0.224 e. The van der Waals surface area contributed by atoms with Gasteiger partial charge in [-0.1, -0.05) is 30.3 Å². The van der Waals surface area contributed by atoms with Crippen molar-refractivity contribution < 1.29 is 9.53 Å². The first-order valence-corrected chi connectivity index (χ1v) is 11.3. The van der Waals surface area contributed by atoms with E-state index < -0.39 is 0 Å². The molecule has 2 N–H and O–H groups in total. The zero-order valence-corrected chi connectivity index (χ0v) is 17.7. The van der Waals surface area contributed by atoms with Crippen molar-refractivity contribution in [2.24, 2.45) is 0 Å². The minimum absolute atomic E-state index is 0.0599. The van der Waals surface area contributed by atoms with E-state index in [1.165, 1.54) is 24.1 Å². The van der Waals surface area contributed by atoms with Crippen LogP contribution in [0.5, 0.6) is 0 Å². The van der Waals surface area contributed by atoms with E-state index >= 15 is 0 Å². The largest absolute Gasteiger partial charge is 0.377 e. The first-order chi connectivity index (χ1) is 14.8. The second-order valence-electron chi connectivity index (χ2n) is 8.39. The number of ether oxygens (including phenoxy) is 1.